The summed E-state index contributed by atoms with van der Waals surface area (Å²) in [6.45, 7) is 5.44. The van der Waals surface area contributed by atoms with E-state index < -0.39 is 5.82 Å². The van der Waals surface area contributed by atoms with Gasteiger partial charge >= 0.3 is 0 Å². The van der Waals surface area contributed by atoms with E-state index in [-0.39, 0.29) is 17.2 Å². The molecule has 1 aliphatic heterocycles. The standard InChI is InChI=1S/C13H18ClFN2O/c1-3-9-7-18-8(2)6-17(9)13-5-11(15)10(14)4-12(13)16/h4-5,8-9H,3,6-7,16H2,1-2H3. The number of halogens is 2. The summed E-state index contributed by atoms with van der Waals surface area (Å²) >= 11 is 5.73. The number of nitrogens with zero attached hydrogens (tertiary/aromatic N) is 1. The van der Waals surface area contributed by atoms with Crippen LogP contribution in [0.2, 0.25) is 5.02 Å². The second-order valence-electron chi connectivity index (χ2n) is 4.68. The van der Waals surface area contributed by atoms with Crippen LogP contribution in [0.15, 0.2) is 12.1 Å². The summed E-state index contributed by atoms with van der Waals surface area (Å²) < 4.78 is 19.2. The predicted octanol–water partition coefficient (Wildman–Crippen LogP) is 3.07. The number of nitrogens with two attached hydrogens (primary N) is 1. The van der Waals surface area contributed by atoms with Crippen molar-refractivity contribution in [2.75, 3.05) is 23.8 Å². The van der Waals surface area contributed by atoms with Crippen LogP contribution in [-0.2, 0) is 4.74 Å². The monoisotopic (exact) mass is 272 g/mol. The Morgan fingerprint density at radius 2 is 2.28 bits per heavy atom. The van der Waals surface area contributed by atoms with Crippen molar-refractivity contribution < 1.29 is 9.13 Å². The summed E-state index contributed by atoms with van der Waals surface area (Å²) in [6.07, 6.45) is 1.04. The lowest BCUT2D eigenvalue weighted by Gasteiger charge is -2.40. The number of ether oxygens (including phenoxy) is 1. The normalized spacial score (nSPS) is 24.3. The van der Waals surface area contributed by atoms with Gasteiger partial charge < -0.3 is 15.4 Å². The third kappa shape index (κ3) is 2.54. The first-order valence-corrected chi connectivity index (χ1v) is 6.53. The van der Waals surface area contributed by atoms with E-state index in [4.69, 9.17) is 22.1 Å². The lowest BCUT2D eigenvalue weighted by molar-refractivity contribution is 0.0300. The average molecular weight is 273 g/mol. The van der Waals surface area contributed by atoms with Crippen molar-refractivity contribution in [1.82, 2.24) is 0 Å². The van der Waals surface area contributed by atoms with Crippen molar-refractivity contribution in [3.8, 4) is 0 Å². The first-order chi connectivity index (χ1) is 8.52. The fourth-order valence-electron chi connectivity index (χ4n) is 2.28. The predicted molar refractivity (Wildman–Crippen MR) is 72.7 cm³/mol. The van der Waals surface area contributed by atoms with E-state index in [1.54, 1.807) is 0 Å². The van der Waals surface area contributed by atoms with E-state index in [1.807, 2.05) is 6.92 Å². The molecule has 1 aromatic carbocycles. The number of morpholine rings is 1. The molecule has 5 heteroatoms. The average Bonchev–Trinajstić information content (AvgIpc) is 2.34. The molecule has 2 atom stereocenters. The minimum atomic E-state index is -0.435. The maximum absolute atomic E-state index is 13.6. The Kier molecular flexibility index (Phi) is 3.97. The molecule has 0 radical (unpaired) electrons. The van der Waals surface area contributed by atoms with Gasteiger partial charge in [-0.05, 0) is 19.4 Å². The highest BCUT2D eigenvalue weighted by atomic mass is 35.5. The summed E-state index contributed by atoms with van der Waals surface area (Å²) in [5, 5.41) is 0.0607. The van der Waals surface area contributed by atoms with Crippen LogP contribution in [0.4, 0.5) is 15.8 Å². The van der Waals surface area contributed by atoms with Crippen molar-refractivity contribution in [2.45, 2.75) is 32.4 Å². The minimum absolute atomic E-state index is 0.0607. The SMILES string of the molecule is CCC1COC(C)CN1c1cc(F)c(Cl)cc1N. The molecule has 0 aromatic heterocycles. The van der Waals surface area contributed by atoms with Gasteiger partial charge in [-0.3, -0.25) is 0 Å². The van der Waals surface area contributed by atoms with Gasteiger partial charge in [0.2, 0.25) is 0 Å². The molecule has 0 saturated carbocycles. The third-order valence-corrected chi connectivity index (χ3v) is 3.61. The molecule has 1 heterocycles. The zero-order valence-corrected chi connectivity index (χ0v) is 11.4. The Bertz CT molecular complexity index is 441. The van der Waals surface area contributed by atoms with E-state index in [0.717, 1.165) is 6.42 Å². The zero-order valence-electron chi connectivity index (χ0n) is 10.6. The molecule has 1 aromatic rings. The first-order valence-electron chi connectivity index (χ1n) is 6.15. The van der Waals surface area contributed by atoms with E-state index in [2.05, 4.69) is 11.8 Å². The maximum atomic E-state index is 13.6. The fourth-order valence-corrected chi connectivity index (χ4v) is 2.45. The Balaban J connectivity index is 2.36. The van der Waals surface area contributed by atoms with Crippen molar-refractivity contribution in [2.24, 2.45) is 0 Å². The summed E-state index contributed by atoms with van der Waals surface area (Å²) in [6, 6.07) is 3.11. The highest BCUT2D eigenvalue weighted by molar-refractivity contribution is 6.31. The molecule has 2 N–H and O–H groups in total. The smallest absolute Gasteiger partial charge is 0.144 e. The highest BCUT2D eigenvalue weighted by Gasteiger charge is 2.27. The van der Waals surface area contributed by atoms with Crippen molar-refractivity contribution >= 4 is 23.0 Å². The maximum Gasteiger partial charge on any atom is 0.144 e. The van der Waals surface area contributed by atoms with Crippen LogP contribution in [0.1, 0.15) is 20.3 Å². The number of rotatable bonds is 2. The molecule has 3 nitrogen and oxygen atoms in total. The largest absolute Gasteiger partial charge is 0.397 e. The van der Waals surface area contributed by atoms with Crippen LogP contribution in [0.25, 0.3) is 0 Å². The lowest BCUT2D eigenvalue weighted by atomic mass is 10.1. The molecule has 1 aliphatic rings. The van der Waals surface area contributed by atoms with Crippen molar-refractivity contribution in [1.29, 1.82) is 0 Å². The molecule has 100 valence electrons. The zero-order chi connectivity index (χ0) is 13.3. The molecule has 2 rings (SSSR count). The molecule has 1 fully saturated rings. The van der Waals surface area contributed by atoms with E-state index in [1.165, 1.54) is 12.1 Å². The van der Waals surface area contributed by atoms with E-state index in [0.29, 0.717) is 24.5 Å². The van der Waals surface area contributed by atoms with Gasteiger partial charge in [0, 0.05) is 12.6 Å². The summed E-state index contributed by atoms with van der Waals surface area (Å²) in [5.41, 5.74) is 7.17. The highest BCUT2D eigenvalue weighted by Crippen LogP contribution is 2.32. The molecule has 18 heavy (non-hydrogen) atoms. The van der Waals surface area contributed by atoms with Gasteiger partial charge in [0.15, 0.2) is 0 Å². The number of benzene rings is 1. The molecular weight excluding hydrogens is 255 g/mol. The number of hydrogen-bond donors (Lipinski definition) is 1. The van der Waals surface area contributed by atoms with Crippen LogP contribution >= 0.6 is 11.6 Å². The molecule has 0 aliphatic carbocycles. The first kappa shape index (κ1) is 13.4. The second-order valence-corrected chi connectivity index (χ2v) is 5.09. The van der Waals surface area contributed by atoms with Crippen LogP contribution in [0.5, 0.6) is 0 Å². The fraction of sp³-hybridized carbons (Fsp3) is 0.538. The van der Waals surface area contributed by atoms with E-state index >= 15 is 0 Å². The molecule has 1 saturated heterocycles. The summed E-state index contributed by atoms with van der Waals surface area (Å²) in [4.78, 5) is 2.11. The van der Waals surface area contributed by atoms with Crippen molar-refractivity contribution in [3.63, 3.8) is 0 Å². The van der Waals surface area contributed by atoms with Crippen molar-refractivity contribution in [3.05, 3.63) is 23.0 Å². The van der Waals surface area contributed by atoms with Gasteiger partial charge in [0.1, 0.15) is 5.82 Å². The quantitative estimate of drug-likeness (QED) is 0.841. The number of nitrogen functional groups attached to an aromatic ring is 1. The van der Waals surface area contributed by atoms with E-state index in [9.17, 15) is 4.39 Å². The molecular formula is C13H18ClFN2O. The third-order valence-electron chi connectivity index (χ3n) is 3.32. The molecule has 0 bridgehead atoms. The Hall–Kier alpha value is -1.00. The van der Waals surface area contributed by atoms with Gasteiger partial charge in [-0.25, -0.2) is 4.39 Å². The summed E-state index contributed by atoms with van der Waals surface area (Å²) in [5.74, 6) is -0.435. The van der Waals surface area contributed by atoms with Crippen LogP contribution in [-0.4, -0.2) is 25.3 Å². The summed E-state index contributed by atoms with van der Waals surface area (Å²) in [7, 11) is 0. The number of hydrogen-bond acceptors (Lipinski definition) is 3. The number of anilines is 2. The van der Waals surface area contributed by atoms with Gasteiger partial charge in [-0.15, -0.1) is 0 Å². The second kappa shape index (κ2) is 5.33. The lowest BCUT2D eigenvalue weighted by Crippen LogP contribution is -2.49. The Labute approximate surface area is 112 Å². The van der Waals surface area contributed by atoms with Gasteiger partial charge in [-0.1, -0.05) is 18.5 Å². The van der Waals surface area contributed by atoms with Crippen LogP contribution in [0, 0.1) is 5.82 Å². The van der Waals surface area contributed by atoms with Gasteiger partial charge in [0.05, 0.1) is 35.2 Å². The van der Waals surface area contributed by atoms with Gasteiger partial charge in [-0.2, -0.15) is 0 Å². The van der Waals surface area contributed by atoms with Crippen LogP contribution in [0.3, 0.4) is 0 Å². The molecule has 0 spiro atoms. The van der Waals surface area contributed by atoms with Gasteiger partial charge in [0.25, 0.3) is 0 Å². The molecule has 0 amide bonds. The minimum Gasteiger partial charge on any atom is -0.397 e. The van der Waals surface area contributed by atoms with Crippen LogP contribution < -0.4 is 10.6 Å². The Morgan fingerprint density at radius 1 is 1.56 bits per heavy atom. The molecule has 2 unspecified atom stereocenters. The topological polar surface area (TPSA) is 38.5 Å². The Morgan fingerprint density at radius 3 is 2.94 bits per heavy atom.